The fraction of sp³-hybridized carbons (Fsp3) is 0.556. The lowest BCUT2D eigenvalue weighted by atomic mass is 10.2. The molecule has 2 rings (SSSR count). The van der Waals surface area contributed by atoms with Gasteiger partial charge in [0.05, 0.1) is 6.04 Å². The van der Waals surface area contributed by atoms with Gasteiger partial charge in [0.2, 0.25) is 0 Å². The summed E-state index contributed by atoms with van der Waals surface area (Å²) in [5.41, 5.74) is 5.49. The molecule has 4 N–H and O–H groups in total. The fourth-order valence-corrected chi connectivity index (χ4v) is 2.11. The zero-order chi connectivity index (χ0) is 11.7. The molecule has 2 heterocycles. The van der Waals surface area contributed by atoms with Crippen LogP contribution in [0, 0.1) is 0 Å². The molecule has 1 aromatic rings. The van der Waals surface area contributed by atoms with Crippen molar-refractivity contribution >= 4 is 33.8 Å². The maximum atomic E-state index is 11.8. The SMILES string of the molecule is CCC(CN)n1c2c([nH]c1=O)N=CC(Br)N2. The highest BCUT2D eigenvalue weighted by atomic mass is 79.9. The average Bonchev–Trinajstić information content (AvgIpc) is 2.58. The van der Waals surface area contributed by atoms with Crippen LogP contribution in [-0.2, 0) is 0 Å². The number of halogens is 1. The summed E-state index contributed by atoms with van der Waals surface area (Å²) in [5, 5.41) is 3.14. The van der Waals surface area contributed by atoms with Gasteiger partial charge in [-0.25, -0.2) is 9.79 Å². The summed E-state index contributed by atoms with van der Waals surface area (Å²) in [6.07, 6.45) is 2.49. The molecule has 0 saturated carbocycles. The Kier molecular flexibility index (Phi) is 3.15. The Morgan fingerprint density at radius 3 is 3.12 bits per heavy atom. The Morgan fingerprint density at radius 1 is 1.75 bits per heavy atom. The minimum Gasteiger partial charge on any atom is -0.351 e. The molecule has 0 bridgehead atoms. The van der Waals surface area contributed by atoms with E-state index in [2.05, 4.69) is 31.2 Å². The van der Waals surface area contributed by atoms with Crippen molar-refractivity contribution in [2.75, 3.05) is 11.9 Å². The van der Waals surface area contributed by atoms with Crippen molar-refractivity contribution in [3.8, 4) is 0 Å². The van der Waals surface area contributed by atoms with E-state index in [4.69, 9.17) is 5.73 Å². The lowest BCUT2D eigenvalue weighted by molar-refractivity contribution is 0.487. The zero-order valence-electron chi connectivity index (χ0n) is 8.90. The van der Waals surface area contributed by atoms with Crippen molar-refractivity contribution in [1.29, 1.82) is 0 Å². The van der Waals surface area contributed by atoms with Crippen LogP contribution in [0.25, 0.3) is 0 Å². The standard InChI is InChI=1S/C9H14BrN5O/c1-2-5(3-11)15-8-7(14-9(15)16)12-4-6(10)13-8/h4-6,13H,2-3,11H2,1H3,(H,14,16). The second kappa shape index (κ2) is 4.42. The van der Waals surface area contributed by atoms with E-state index in [-0.39, 0.29) is 16.7 Å². The minimum absolute atomic E-state index is 0.00648. The van der Waals surface area contributed by atoms with Crippen molar-refractivity contribution in [1.82, 2.24) is 9.55 Å². The zero-order valence-corrected chi connectivity index (χ0v) is 10.5. The molecule has 6 nitrogen and oxygen atoms in total. The van der Waals surface area contributed by atoms with E-state index in [1.807, 2.05) is 6.92 Å². The van der Waals surface area contributed by atoms with E-state index in [1.54, 1.807) is 10.8 Å². The summed E-state index contributed by atoms with van der Waals surface area (Å²) in [7, 11) is 0. The van der Waals surface area contributed by atoms with Crippen LogP contribution in [0.15, 0.2) is 9.79 Å². The van der Waals surface area contributed by atoms with Gasteiger partial charge < -0.3 is 11.1 Å². The summed E-state index contributed by atoms with van der Waals surface area (Å²) in [6, 6.07) is -0.00648. The first kappa shape index (κ1) is 11.4. The Hall–Kier alpha value is -1.08. The number of hydrogen-bond donors (Lipinski definition) is 3. The first-order valence-corrected chi connectivity index (χ1v) is 6.08. The molecule has 2 atom stereocenters. The van der Waals surface area contributed by atoms with Gasteiger partial charge in [0.15, 0.2) is 11.6 Å². The van der Waals surface area contributed by atoms with Crippen LogP contribution < -0.4 is 16.7 Å². The predicted molar refractivity (Wildman–Crippen MR) is 67.9 cm³/mol. The van der Waals surface area contributed by atoms with Crippen LogP contribution in [0.3, 0.4) is 0 Å². The number of aromatic amines is 1. The lowest BCUT2D eigenvalue weighted by Crippen LogP contribution is -2.30. The number of H-pyrrole nitrogens is 1. The van der Waals surface area contributed by atoms with Crippen molar-refractivity contribution in [3.05, 3.63) is 10.5 Å². The second-order valence-electron chi connectivity index (χ2n) is 3.62. The first-order valence-electron chi connectivity index (χ1n) is 5.16. The van der Waals surface area contributed by atoms with Crippen LogP contribution >= 0.6 is 15.9 Å². The number of nitrogens with one attached hydrogen (secondary N) is 2. The van der Waals surface area contributed by atoms with Gasteiger partial charge in [0.1, 0.15) is 4.95 Å². The smallest absolute Gasteiger partial charge is 0.329 e. The molecule has 7 heteroatoms. The van der Waals surface area contributed by atoms with Gasteiger partial charge in [-0.3, -0.25) is 9.55 Å². The number of fused-ring (bicyclic) bond motifs is 1. The highest BCUT2D eigenvalue weighted by molar-refractivity contribution is 9.10. The first-order chi connectivity index (χ1) is 7.67. The van der Waals surface area contributed by atoms with Gasteiger partial charge in [0.25, 0.3) is 0 Å². The molecule has 0 saturated heterocycles. The minimum atomic E-state index is -0.173. The Labute approximate surface area is 101 Å². The Balaban J connectivity index is 2.50. The number of nitrogens with two attached hydrogens (primary N) is 1. The van der Waals surface area contributed by atoms with E-state index >= 15 is 0 Å². The van der Waals surface area contributed by atoms with Crippen molar-refractivity contribution in [2.24, 2.45) is 10.7 Å². The molecule has 0 aromatic carbocycles. The summed E-state index contributed by atoms with van der Waals surface area (Å²) in [6.45, 7) is 2.43. The van der Waals surface area contributed by atoms with Gasteiger partial charge >= 0.3 is 5.69 Å². The summed E-state index contributed by atoms with van der Waals surface area (Å²) >= 11 is 3.37. The number of anilines is 1. The molecule has 88 valence electrons. The van der Waals surface area contributed by atoms with Crippen LogP contribution in [0.1, 0.15) is 19.4 Å². The van der Waals surface area contributed by atoms with E-state index in [1.165, 1.54) is 0 Å². The number of hydrogen-bond acceptors (Lipinski definition) is 4. The Bertz CT molecular complexity index is 459. The number of aromatic nitrogens is 2. The van der Waals surface area contributed by atoms with Crippen LogP contribution in [-0.4, -0.2) is 27.3 Å². The van der Waals surface area contributed by atoms with Gasteiger partial charge in [-0.2, -0.15) is 0 Å². The summed E-state index contributed by atoms with van der Waals surface area (Å²) in [5.74, 6) is 1.26. The number of imidazole rings is 1. The molecule has 0 amide bonds. The van der Waals surface area contributed by atoms with E-state index in [0.29, 0.717) is 18.2 Å². The summed E-state index contributed by atoms with van der Waals surface area (Å²) < 4.78 is 1.64. The quantitative estimate of drug-likeness (QED) is 0.571. The number of aliphatic imine (C=N–C) groups is 1. The Morgan fingerprint density at radius 2 is 2.50 bits per heavy atom. The lowest BCUT2D eigenvalue weighted by Gasteiger charge is -2.20. The highest BCUT2D eigenvalue weighted by Gasteiger charge is 2.22. The molecule has 1 aliphatic heterocycles. The van der Waals surface area contributed by atoms with Gasteiger partial charge in [-0.05, 0) is 6.42 Å². The number of alkyl halides is 1. The molecular weight excluding hydrogens is 274 g/mol. The van der Waals surface area contributed by atoms with E-state index < -0.39 is 0 Å². The number of rotatable bonds is 3. The molecule has 0 fully saturated rings. The maximum Gasteiger partial charge on any atom is 0.329 e. The van der Waals surface area contributed by atoms with E-state index in [9.17, 15) is 4.79 Å². The largest absolute Gasteiger partial charge is 0.351 e. The molecular formula is C9H14BrN5O. The molecule has 1 aliphatic rings. The average molecular weight is 288 g/mol. The van der Waals surface area contributed by atoms with Crippen LogP contribution in [0.5, 0.6) is 0 Å². The van der Waals surface area contributed by atoms with Crippen LogP contribution in [0.2, 0.25) is 0 Å². The topological polar surface area (TPSA) is 88.2 Å². The fourth-order valence-electron chi connectivity index (χ4n) is 1.78. The molecule has 16 heavy (non-hydrogen) atoms. The van der Waals surface area contributed by atoms with E-state index in [0.717, 1.165) is 6.42 Å². The van der Waals surface area contributed by atoms with Gasteiger partial charge in [0, 0.05) is 12.8 Å². The molecule has 0 spiro atoms. The van der Waals surface area contributed by atoms with Crippen LogP contribution in [0.4, 0.5) is 11.6 Å². The predicted octanol–water partition coefficient (Wildman–Crippen LogP) is 0.935. The highest BCUT2D eigenvalue weighted by Crippen LogP contribution is 2.28. The van der Waals surface area contributed by atoms with Gasteiger partial charge in [-0.15, -0.1) is 0 Å². The molecule has 2 unspecified atom stereocenters. The molecule has 0 aliphatic carbocycles. The maximum absolute atomic E-state index is 11.8. The molecule has 1 aromatic heterocycles. The third kappa shape index (κ3) is 1.80. The third-order valence-corrected chi connectivity index (χ3v) is 3.09. The number of nitrogens with zero attached hydrogens (tertiary/aromatic N) is 2. The van der Waals surface area contributed by atoms with Gasteiger partial charge in [-0.1, -0.05) is 22.9 Å². The monoisotopic (exact) mass is 287 g/mol. The molecule has 0 radical (unpaired) electrons. The summed E-state index contributed by atoms with van der Waals surface area (Å²) in [4.78, 5) is 18.6. The van der Waals surface area contributed by atoms with Crippen molar-refractivity contribution in [3.63, 3.8) is 0 Å². The third-order valence-electron chi connectivity index (χ3n) is 2.63. The van der Waals surface area contributed by atoms with Crippen molar-refractivity contribution < 1.29 is 0 Å². The normalized spacial score (nSPS) is 20.3. The van der Waals surface area contributed by atoms with Crippen molar-refractivity contribution in [2.45, 2.75) is 24.3 Å². The second-order valence-corrected chi connectivity index (χ2v) is 4.61.